The number of aromatic nitrogens is 2. The Morgan fingerprint density at radius 3 is 2.75 bits per heavy atom. The van der Waals surface area contributed by atoms with Gasteiger partial charge >= 0.3 is 12.2 Å². The number of hydrogen-bond donors (Lipinski definition) is 3. The molecule has 0 aliphatic rings. The van der Waals surface area contributed by atoms with Crippen LogP contribution in [0.15, 0.2) is 6.07 Å². The van der Waals surface area contributed by atoms with Gasteiger partial charge in [0.1, 0.15) is 6.54 Å². The van der Waals surface area contributed by atoms with Gasteiger partial charge in [-0.3, -0.25) is 10.4 Å². The number of rotatable bonds is 3. The Morgan fingerprint density at radius 1 is 1.56 bits per heavy atom. The maximum absolute atomic E-state index is 11.7. The van der Waals surface area contributed by atoms with Crippen LogP contribution in [0.25, 0.3) is 0 Å². The minimum atomic E-state index is -4.42. The number of hydrogen-bond acceptors (Lipinski definition) is 2. The molecule has 3 N–H and O–H groups in total. The monoisotopic (exact) mass is 236 g/mol. The second-order valence-corrected chi connectivity index (χ2v) is 3.05. The van der Waals surface area contributed by atoms with E-state index in [1.807, 2.05) is 6.92 Å². The number of anilines is 1. The molecule has 0 bridgehead atoms. The van der Waals surface area contributed by atoms with Crippen LogP contribution in [0.5, 0.6) is 0 Å². The van der Waals surface area contributed by atoms with Gasteiger partial charge in [-0.1, -0.05) is 6.92 Å². The normalized spacial score (nSPS) is 11.2. The average Bonchev–Trinajstić information content (AvgIpc) is 2.61. The lowest BCUT2D eigenvalue weighted by molar-refractivity contribution is -0.122. The highest BCUT2D eigenvalue weighted by Gasteiger charge is 2.27. The first-order valence-electron chi connectivity index (χ1n) is 4.56. The van der Waals surface area contributed by atoms with Gasteiger partial charge in [-0.15, -0.1) is 0 Å². The first kappa shape index (κ1) is 12.3. The molecule has 1 aromatic rings. The number of nitrogens with one attached hydrogen (secondary N) is 3. The van der Waals surface area contributed by atoms with Crippen LogP contribution in [0, 0.1) is 0 Å². The summed E-state index contributed by atoms with van der Waals surface area (Å²) < 4.78 is 35.2. The Hall–Kier alpha value is -1.73. The van der Waals surface area contributed by atoms with Crippen LogP contribution in [0.1, 0.15) is 12.6 Å². The number of H-pyrrole nitrogens is 1. The number of nitrogens with zero attached hydrogens (tertiary/aromatic N) is 1. The van der Waals surface area contributed by atoms with E-state index in [9.17, 15) is 18.0 Å². The SMILES string of the molecule is CCc1cc(NC(=O)NCC(F)(F)F)n[nH]1. The number of carbonyl (C=O) groups excluding carboxylic acids is 1. The molecule has 5 nitrogen and oxygen atoms in total. The molecule has 0 aliphatic carbocycles. The standard InChI is InChI=1S/C8H11F3N4O/c1-2-5-3-6(15-14-5)13-7(16)12-4-8(9,10)11/h3H,2,4H2,1H3,(H3,12,13,14,15,16). The fourth-order valence-corrected chi connectivity index (χ4v) is 0.948. The van der Waals surface area contributed by atoms with E-state index >= 15 is 0 Å². The number of amides is 2. The van der Waals surface area contributed by atoms with Crippen molar-refractivity contribution in [1.82, 2.24) is 15.5 Å². The van der Waals surface area contributed by atoms with Crippen molar-refractivity contribution in [2.24, 2.45) is 0 Å². The molecule has 0 radical (unpaired) electrons. The molecule has 1 heterocycles. The molecule has 0 saturated heterocycles. The Labute approximate surface area is 89.4 Å². The summed E-state index contributed by atoms with van der Waals surface area (Å²) in [5, 5.41) is 10.2. The van der Waals surface area contributed by atoms with Crippen LogP contribution in [-0.2, 0) is 6.42 Å². The molecule has 1 aromatic heterocycles. The zero-order valence-corrected chi connectivity index (χ0v) is 8.48. The van der Waals surface area contributed by atoms with Crippen LogP contribution in [-0.4, -0.2) is 28.9 Å². The predicted molar refractivity (Wildman–Crippen MR) is 51.0 cm³/mol. The number of aromatic amines is 1. The topological polar surface area (TPSA) is 69.8 Å². The summed E-state index contributed by atoms with van der Waals surface area (Å²) in [5.74, 6) is 0.191. The molecular weight excluding hydrogens is 225 g/mol. The predicted octanol–water partition coefficient (Wildman–Crippen LogP) is 1.66. The first-order valence-corrected chi connectivity index (χ1v) is 4.56. The van der Waals surface area contributed by atoms with Crippen molar-refractivity contribution in [2.45, 2.75) is 19.5 Å². The molecular formula is C8H11F3N4O. The summed E-state index contributed by atoms with van der Waals surface area (Å²) in [6, 6.07) is 0.610. The Balaban J connectivity index is 2.40. The molecule has 0 aliphatic heterocycles. The summed E-state index contributed by atoms with van der Waals surface area (Å²) in [6.07, 6.45) is -3.73. The molecule has 2 amide bonds. The fourth-order valence-electron chi connectivity index (χ4n) is 0.948. The van der Waals surface area contributed by atoms with Crippen molar-refractivity contribution < 1.29 is 18.0 Å². The molecule has 0 unspecified atom stereocenters. The van der Waals surface area contributed by atoms with E-state index in [0.29, 0.717) is 6.42 Å². The van der Waals surface area contributed by atoms with Crippen molar-refractivity contribution in [2.75, 3.05) is 11.9 Å². The third-order valence-corrected chi connectivity index (χ3v) is 1.70. The highest BCUT2D eigenvalue weighted by atomic mass is 19.4. The van der Waals surface area contributed by atoms with Gasteiger partial charge in [0, 0.05) is 11.8 Å². The average molecular weight is 236 g/mol. The van der Waals surface area contributed by atoms with Crippen molar-refractivity contribution in [1.29, 1.82) is 0 Å². The van der Waals surface area contributed by atoms with Crippen molar-refractivity contribution in [3.63, 3.8) is 0 Å². The van der Waals surface area contributed by atoms with Gasteiger partial charge in [0.15, 0.2) is 5.82 Å². The van der Waals surface area contributed by atoms with Crippen molar-refractivity contribution in [3.05, 3.63) is 11.8 Å². The Kier molecular flexibility index (Phi) is 3.75. The van der Waals surface area contributed by atoms with Gasteiger partial charge in [-0.2, -0.15) is 18.3 Å². The van der Waals surface area contributed by atoms with Crippen molar-refractivity contribution >= 4 is 11.8 Å². The quantitative estimate of drug-likeness (QED) is 0.746. The second kappa shape index (κ2) is 4.86. The molecule has 8 heteroatoms. The van der Waals surface area contributed by atoms with E-state index in [2.05, 4.69) is 15.5 Å². The van der Waals surface area contributed by atoms with Crippen LogP contribution in [0.3, 0.4) is 0 Å². The highest BCUT2D eigenvalue weighted by Crippen LogP contribution is 2.12. The number of aryl methyl sites for hydroxylation is 1. The summed E-state index contributed by atoms with van der Waals surface area (Å²) in [4.78, 5) is 11.0. The zero-order valence-electron chi connectivity index (χ0n) is 8.48. The van der Waals surface area contributed by atoms with E-state index < -0.39 is 18.8 Å². The van der Waals surface area contributed by atoms with Gasteiger partial charge in [0.25, 0.3) is 0 Å². The summed E-state index contributed by atoms with van der Waals surface area (Å²) in [7, 11) is 0. The smallest absolute Gasteiger partial charge is 0.329 e. The minimum Gasteiger partial charge on any atom is -0.329 e. The molecule has 0 saturated carbocycles. The summed E-state index contributed by atoms with van der Waals surface area (Å²) >= 11 is 0. The molecule has 16 heavy (non-hydrogen) atoms. The van der Waals surface area contributed by atoms with Crippen molar-refractivity contribution in [3.8, 4) is 0 Å². The lowest BCUT2D eigenvalue weighted by atomic mass is 10.3. The zero-order chi connectivity index (χ0) is 12.2. The maximum Gasteiger partial charge on any atom is 0.405 e. The highest BCUT2D eigenvalue weighted by molar-refractivity contribution is 5.88. The third-order valence-electron chi connectivity index (χ3n) is 1.70. The van der Waals surface area contributed by atoms with Crippen LogP contribution < -0.4 is 10.6 Å². The van der Waals surface area contributed by atoms with Gasteiger partial charge in [0.05, 0.1) is 0 Å². The van der Waals surface area contributed by atoms with E-state index in [0.717, 1.165) is 5.69 Å². The van der Waals surface area contributed by atoms with Gasteiger partial charge in [-0.05, 0) is 6.42 Å². The molecule has 1 rings (SSSR count). The Bertz CT molecular complexity index is 360. The third kappa shape index (κ3) is 4.20. The Morgan fingerprint density at radius 2 is 2.25 bits per heavy atom. The number of carbonyl (C=O) groups is 1. The van der Waals surface area contributed by atoms with Crippen LogP contribution >= 0.6 is 0 Å². The second-order valence-electron chi connectivity index (χ2n) is 3.05. The summed E-state index contributed by atoms with van der Waals surface area (Å²) in [6.45, 7) is 0.505. The minimum absolute atomic E-state index is 0.191. The van der Waals surface area contributed by atoms with Gasteiger partial charge in [-0.25, -0.2) is 4.79 Å². The fraction of sp³-hybridized carbons (Fsp3) is 0.500. The largest absolute Gasteiger partial charge is 0.405 e. The lowest BCUT2D eigenvalue weighted by Crippen LogP contribution is -2.36. The van der Waals surface area contributed by atoms with Gasteiger partial charge in [0.2, 0.25) is 0 Å². The molecule has 0 atom stereocenters. The maximum atomic E-state index is 11.7. The molecule has 0 spiro atoms. The van der Waals surface area contributed by atoms with E-state index in [1.165, 1.54) is 0 Å². The van der Waals surface area contributed by atoms with E-state index in [4.69, 9.17) is 0 Å². The van der Waals surface area contributed by atoms with Gasteiger partial charge < -0.3 is 5.32 Å². The number of urea groups is 1. The van der Waals surface area contributed by atoms with Crippen LogP contribution in [0.4, 0.5) is 23.8 Å². The molecule has 0 fully saturated rings. The molecule has 90 valence electrons. The number of alkyl halides is 3. The van der Waals surface area contributed by atoms with E-state index in [1.54, 1.807) is 11.4 Å². The van der Waals surface area contributed by atoms with Crippen LogP contribution in [0.2, 0.25) is 0 Å². The van der Waals surface area contributed by atoms with E-state index in [-0.39, 0.29) is 5.82 Å². The summed E-state index contributed by atoms with van der Waals surface area (Å²) in [5.41, 5.74) is 0.783. The first-order chi connectivity index (χ1) is 7.40. The number of halogens is 3. The lowest BCUT2D eigenvalue weighted by Gasteiger charge is -2.07. The molecule has 0 aromatic carbocycles.